The number of methoxy groups -OCH3 is 1. The minimum absolute atomic E-state index is 0.241. The van der Waals surface area contributed by atoms with Gasteiger partial charge in [0.25, 0.3) is 10.0 Å². The number of benzene rings is 1. The second kappa shape index (κ2) is 8.70. The number of carbonyl (C=O) groups excluding carboxylic acids is 1. The fourth-order valence-corrected chi connectivity index (χ4v) is 5.38. The monoisotopic (exact) mass is 411 g/mol. The molecule has 10 heteroatoms. The van der Waals surface area contributed by atoms with Gasteiger partial charge in [-0.1, -0.05) is 0 Å². The highest BCUT2D eigenvalue weighted by atomic mass is 32.2. The van der Waals surface area contributed by atoms with Crippen LogP contribution in [-0.2, 0) is 21.3 Å². The van der Waals surface area contributed by atoms with Crippen LogP contribution in [0.5, 0.6) is 5.75 Å². The van der Waals surface area contributed by atoms with Gasteiger partial charge in [-0.15, -0.1) is 11.3 Å². The summed E-state index contributed by atoms with van der Waals surface area (Å²) in [6, 6.07) is 9.88. The highest BCUT2D eigenvalue weighted by molar-refractivity contribution is 7.91. The van der Waals surface area contributed by atoms with Crippen molar-refractivity contribution in [3.05, 3.63) is 41.3 Å². The van der Waals surface area contributed by atoms with Crippen LogP contribution in [0, 0.1) is 0 Å². The van der Waals surface area contributed by atoms with E-state index in [9.17, 15) is 13.2 Å². The van der Waals surface area contributed by atoms with Gasteiger partial charge in [0.15, 0.2) is 0 Å². The van der Waals surface area contributed by atoms with Crippen molar-refractivity contribution < 1.29 is 22.7 Å². The van der Waals surface area contributed by atoms with E-state index in [1.165, 1.54) is 4.31 Å². The first kappa shape index (κ1) is 19.6. The molecular weight excluding hydrogens is 390 g/mol. The number of nitrogens with one attached hydrogen (secondary N) is 2. The predicted octanol–water partition coefficient (Wildman–Crippen LogP) is 2.10. The molecule has 146 valence electrons. The molecule has 0 saturated carbocycles. The van der Waals surface area contributed by atoms with Gasteiger partial charge in [-0.25, -0.2) is 13.2 Å². The van der Waals surface area contributed by atoms with Crippen LogP contribution >= 0.6 is 11.3 Å². The Morgan fingerprint density at radius 2 is 1.89 bits per heavy atom. The summed E-state index contributed by atoms with van der Waals surface area (Å²) in [6.45, 7) is 1.77. The molecule has 0 atom stereocenters. The topological polar surface area (TPSA) is 97.0 Å². The molecule has 1 fully saturated rings. The molecule has 1 aliphatic rings. The summed E-state index contributed by atoms with van der Waals surface area (Å²) < 4.78 is 37.2. The zero-order valence-corrected chi connectivity index (χ0v) is 16.4. The molecule has 2 heterocycles. The number of anilines is 1. The molecular formula is C17H21N3O5S2. The molecule has 0 radical (unpaired) electrons. The quantitative estimate of drug-likeness (QED) is 0.759. The van der Waals surface area contributed by atoms with E-state index < -0.39 is 10.0 Å². The molecule has 2 aromatic rings. The Labute approximate surface area is 162 Å². The molecule has 1 saturated heterocycles. The zero-order valence-electron chi connectivity index (χ0n) is 14.8. The van der Waals surface area contributed by atoms with Crippen molar-refractivity contribution >= 4 is 33.1 Å². The van der Waals surface area contributed by atoms with Crippen LogP contribution in [0.15, 0.2) is 40.6 Å². The number of hydrogen-bond acceptors (Lipinski definition) is 6. The van der Waals surface area contributed by atoms with E-state index >= 15 is 0 Å². The summed E-state index contributed by atoms with van der Waals surface area (Å²) in [7, 11) is -1.93. The van der Waals surface area contributed by atoms with Crippen molar-refractivity contribution in [1.82, 2.24) is 9.62 Å². The summed E-state index contributed by atoms with van der Waals surface area (Å²) in [6.07, 6.45) is 0. The van der Waals surface area contributed by atoms with Crippen molar-refractivity contribution in [3.8, 4) is 5.75 Å². The lowest BCUT2D eigenvalue weighted by atomic mass is 10.3. The average Bonchev–Trinajstić information content (AvgIpc) is 3.18. The summed E-state index contributed by atoms with van der Waals surface area (Å²) in [5.41, 5.74) is 0.634. The number of thiophene rings is 1. The molecule has 8 nitrogen and oxygen atoms in total. The molecule has 1 aromatic heterocycles. The molecule has 2 N–H and O–H groups in total. The molecule has 1 aliphatic heterocycles. The van der Waals surface area contributed by atoms with E-state index in [1.54, 1.807) is 43.5 Å². The minimum atomic E-state index is -3.50. The van der Waals surface area contributed by atoms with Gasteiger partial charge < -0.3 is 20.1 Å². The van der Waals surface area contributed by atoms with Gasteiger partial charge in [0, 0.05) is 23.7 Å². The molecule has 27 heavy (non-hydrogen) atoms. The first-order chi connectivity index (χ1) is 13.0. The van der Waals surface area contributed by atoms with Crippen LogP contribution in [0.4, 0.5) is 10.5 Å². The molecule has 0 unspecified atom stereocenters. The Morgan fingerprint density at radius 3 is 2.56 bits per heavy atom. The summed E-state index contributed by atoms with van der Waals surface area (Å²) in [4.78, 5) is 12.8. The number of rotatable bonds is 6. The van der Waals surface area contributed by atoms with E-state index in [2.05, 4.69) is 10.6 Å². The van der Waals surface area contributed by atoms with Gasteiger partial charge >= 0.3 is 6.03 Å². The second-order valence-electron chi connectivity index (χ2n) is 5.77. The Hall–Kier alpha value is -2.14. The lowest BCUT2D eigenvalue weighted by Gasteiger charge is -2.25. The van der Waals surface area contributed by atoms with Gasteiger partial charge in [0.2, 0.25) is 0 Å². The van der Waals surface area contributed by atoms with Gasteiger partial charge in [-0.05, 0) is 36.4 Å². The normalized spacial score (nSPS) is 15.3. The van der Waals surface area contributed by atoms with Gasteiger partial charge in [0.05, 0.1) is 26.9 Å². The van der Waals surface area contributed by atoms with E-state index in [4.69, 9.17) is 9.47 Å². The number of morpholine rings is 1. The van der Waals surface area contributed by atoms with Crippen LogP contribution in [0.25, 0.3) is 0 Å². The smallest absolute Gasteiger partial charge is 0.319 e. The fraction of sp³-hybridized carbons (Fsp3) is 0.353. The van der Waals surface area contributed by atoms with Crippen LogP contribution in [0.1, 0.15) is 4.88 Å². The first-order valence-corrected chi connectivity index (χ1v) is 10.6. The summed E-state index contributed by atoms with van der Waals surface area (Å²) in [5, 5.41) is 5.43. The number of ether oxygens (including phenoxy) is 2. The standard InChI is InChI=1S/C17H21N3O5S2/c1-24-14-4-2-13(3-5-14)19-17(21)18-12-15-6-7-16(26-15)27(22,23)20-8-10-25-11-9-20/h2-7H,8-12H2,1H3,(H2,18,19,21). The molecule has 0 aliphatic carbocycles. The molecule has 1 aromatic carbocycles. The van der Waals surface area contributed by atoms with Gasteiger partial charge in [0.1, 0.15) is 9.96 Å². The number of amides is 2. The largest absolute Gasteiger partial charge is 0.497 e. The Balaban J connectivity index is 1.54. The summed E-state index contributed by atoms with van der Waals surface area (Å²) in [5.74, 6) is 0.702. The number of urea groups is 1. The lowest BCUT2D eigenvalue weighted by molar-refractivity contribution is 0.0731. The third-order valence-corrected chi connectivity index (χ3v) is 7.42. The average molecular weight is 412 g/mol. The number of carbonyl (C=O) groups is 1. The van der Waals surface area contributed by atoms with Gasteiger partial charge in [-0.3, -0.25) is 0 Å². The second-order valence-corrected chi connectivity index (χ2v) is 9.11. The zero-order chi connectivity index (χ0) is 19.3. The maximum atomic E-state index is 12.6. The Kier molecular flexibility index (Phi) is 6.32. The predicted molar refractivity (Wildman–Crippen MR) is 103 cm³/mol. The Bertz CT molecular complexity index is 874. The highest BCUT2D eigenvalue weighted by Gasteiger charge is 2.27. The van der Waals surface area contributed by atoms with E-state index in [-0.39, 0.29) is 16.8 Å². The number of sulfonamides is 1. The first-order valence-electron chi connectivity index (χ1n) is 8.34. The van der Waals surface area contributed by atoms with Crippen LogP contribution in [-0.4, -0.2) is 52.2 Å². The molecule has 2 amide bonds. The van der Waals surface area contributed by atoms with Crippen molar-refractivity contribution in [2.45, 2.75) is 10.8 Å². The fourth-order valence-electron chi connectivity index (χ4n) is 2.52. The molecule has 3 rings (SSSR count). The van der Waals surface area contributed by atoms with Crippen LogP contribution in [0.2, 0.25) is 0 Å². The van der Waals surface area contributed by atoms with Gasteiger partial charge in [-0.2, -0.15) is 4.31 Å². The SMILES string of the molecule is COc1ccc(NC(=O)NCc2ccc(S(=O)(=O)N3CCOCC3)s2)cc1. The molecule has 0 spiro atoms. The third-order valence-electron chi connectivity index (χ3n) is 3.97. The van der Waals surface area contributed by atoms with E-state index in [1.807, 2.05) is 0 Å². The maximum absolute atomic E-state index is 12.6. The third kappa shape index (κ3) is 4.98. The summed E-state index contributed by atoms with van der Waals surface area (Å²) >= 11 is 1.16. The lowest BCUT2D eigenvalue weighted by Crippen LogP contribution is -2.40. The van der Waals surface area contributed by atoms with Crippen molar-refractivity contribution in [2.24, 2.45) is 0 Å². The van der Waals surface area contributed by atoms with Crippen molar-refractivity contribution in [2.75, 3.05) is 38.7 Å². The van der Waals surface area contributed by atoms with E-state index in [0.29, 0.717) is 37.7 Å². The Morgan fingerprint density at radius 1 is 1.19 bits per heavy atom. The van der Waals surface area contributed by atoms with Crippen molar-refractivity contribution in [1.29, 1.82) is 0 Å². The minimum Gasteiger partial charge on any atom is -0.497 e. The maximum Gasteiger partial charge on any atom is 0.319 e. The van der Waals surface area contributed by atoms with Crippen LogP contribution in [0.3, 0.4) is 0 Å². The molecule has 0 bridgehead atoms. The number of hydrogen-bond donors (Lipinski definition) is 2. The van der Waals surface area contributed by atoms with Crippen LogP contribution < -0.4 is 15.4 Å². The number of nitrogens with zero attached hydrogens (tertiary/aromatic N) is 1. The highest BCUT2D eigenvalue weighted by Crippen LogP contribution is 2.25. The van der Waals surface area contributed by atoms with Crippen molar-refractivity contribution in [3.63, 3.8) is 0 Å². The van der Waals surface area contributed by atoms with E-state index in [0.717, 1.165) is 16.2 Å².